The van der Waals surface area contributed by atoms with Gasteiger partial charge in [-0.05, 0) is 13.8 Å². The van der Waals surface area contributed by atoms with Crippen LogP contribution >= 0.6 is 11.8 Å². The molecule has 1 aromatic heterocycles. The summed E-state index contributed by atoms with van der Waals surface area (Å²) < 4.78 is 5.30. The number of aromatic nitrogens is 2. The van der Waals surface area contributed by atoms with Crippen molar-refractivity contribution in [1.29, 1.82) is 0 Å². The minimum atomic E-state index is -0.540. The summed E-state index contributed by atoms with van der Waals surface area (Å²) in [5.74, 6) is 2.20. The van der Waals surface area contributed by atoms with Crippen LogP contribution in [0.15, 0.2) is 4.79 Å². The van der Waals surface area contributed by atoms with Crippen molar-refractivity contribution in [2.75, 3.05) is 7.11 Å². The van der Waals surface area contributed by atoms with E-state index in [0.29, 0.717) is 5.82 Å². The molecular weight excluding hydrogens is 212 g/mol. The average molecular weight is 226 g/mol. The number of nitrogens with zero attached hydrogens (tertiary/aromatic N) is 1. The van der Waals surface area contributed by atoms with Crippen LogP contribution in [0.3, 0.4) is 0 Å². The molecular formula is C10H14N2O2S. The number of hydrogen-bond acceptors (Lipinski definition) is 4. The number of rotatable bonds is 2. The van der Waals surface area contributed by atoms with E-state index in [4.69, 9.17) is 4.74 Å². The summed E-state index contributed by atoms with van der Waals surface area (Å²) in [6.45, 7) is 3.78. The number of H-pyrrole nitrogens is 1. The predicted molar refractivity (Wildman–Crippen MR) is 59.9 cm³/mol. The summed E-state index contributed by atoms with van der Waals surface area (Å²) in [4.78, 5) is 19.0. The number of ether oxygens (including phenoxy) is 1. The lowest BCUT2D eigenvalue weighted by Crippen LogP contribution is -2.28. The van der Waals surface area contributed by atoms with Crippen LogP contribution in [0.25, 0.3) is 0 Å². The molecule has 5 heteroatoms. The van der Waals surface area contributed by atoms with Crippen LogP contribution in [-0.4, -0.2) is 17.1 Å². The molecule has 1 N–H and O–H groups in total. The van der Waals surface area contributed by atoms with Crippen molar-refractivity contribution in [2.24, 2.45) is 0 Å². The topological polar surface area (TPSA) is 55.0 Å². The van der Waals surface area contributed by atoms with Crippen LogP contribution in [-0.2, 0) is 21.8 Å². The molecule has 2 heterocycles. The monoisotopic (exact) mass is 226 g/mol. The van der Waals surface area contributed by atoms with Gasteiger partial charge in [-0.25, -0.2) is 4.98 Å². The van der Waals surface area contributed by atoms with Crippen LogP contribution in [0, 0.1) is 0 Å². The number of methoxy groups -OCH3 is 1. The summed E-state index contributed by atoms with van der Waals surface area (Å²) in [5, 5.41) is 0. The van der Waals surface area contributed by atoms with E-state index in [0.717, 1.165) is 22.8 Å². The molecule has 82 valence electrons. The molecule has 15 heavy (non-hydrogen) atoms. The first-order valence-corrected chi connectivity index (χ1v) is 5.95. The summed E-state index contributed by atoms with van der Waals surface area (Å²) in [6.07, 6.45) is 0. The number of hydrogen-bond donors (Lipinski definition) is 1. The largest absolute Gasteiger partial charge is 0.371 e. The van der Waals surface area contributed by atoms with E-state index in [2.05, 4.69) is 9.97 Å². The molecule has 0 aliphatic carbocycles. The first-order valence-electron chi connectivity index (χ1n) is 4.80. The SMILES string of the molecule is COC(C)(C)c1nc2c(c(=O)[nH]1)CSC2. The summed E-state index contributed by atoms with van der Waals surface area (Å²) >= 11 is 1.72. The van der Waals surface area contributed by atoms with E-state index in [9.17, 15) is 4.79 Å². The Bertz CT molecular complexity index is 440. The van der Waals surface area contributed by atoms with E-state index in [1.165, 1.54) is 0 Å². The maximum Gasteiger partial charge on any atom is 0.255 e. The molecule has 1 aliphatic heterocycles. The van der Waals surface area contributed by atoms with Gasteiger partial charge in [-0.2, -0.15) is 11.8 Å². The molecule has 0 atom stereocenters. The fourth-order valence-corrected chi connectivity index (χ4v) is 2.48. The molecule has 0 saturated carbocycles. The van der Waals surface area contributed by atoms with Crippen molar-refractivity contribution < 1.29 is 4.74 Å². The molecule has 0 amide bonds. The Morgan fingerprint density at radius 1 is 1.47 bits per heavy atom. The summed E-state index contributed by atoms with van der Waals surface area (Å²) in [7, 11) is 1.61. The minimum absolute atomic E-state index is 0.0230. The maximum absolute atomic E-state index is 11.7. The third-order valence-corrected chi connectivity index (χ3v) is 3.64. The van der Waals surface area contributed by atoms with Crippen molar-refractivity contribution >= 4 is 11.8 Å². The smallest absolute Gasteiger partial charge is 0.255 e. The lowest BCUT2D eigenvalue weighted by molar-refractivity contribution is 0.0111. The van der Waals surface area contributed by atoms with Gasteiger partial charge in [0.2, 0.25) is 0 Å². The second-order valence-electron chi connectivity index (χ2n) is 4.05. The van der Waals surface area contributed by atoms with E-state index in [-0.39, 0.29) is 5.56 Å². The van der Waals surface area contributed by atoms with Crippen LogP contribution in [0.4, 0.5) is 0 Å². The van der Waals surface area contributed by atoms with E-state index >= 15 is 0 Å². The highest BCUT2D eigenvalue weighted by atomic mass is 32.2. The normalized spacial score (nSPS) is 15.4. The Morgan fingerprint density at radius 2 is 2.20 bits per heavy atom. The highest BCUT2D eigenvalue weighted by Gasteiger charge is 2.26. The van der Waals surface area contributed by atoms with E-state index < -0.39 is 5.60 Å². The minimum Gasteiger partial charge on any atom is -0.371 e. The van der Waals surface area contributed by atoms with Gasteiger partial charge in [-0.15, -0.1) is 0 Å². The molecule has 4 nitrogen and oxygen atoms in total. The van der Waals surface area contributed by atoms with Crippen LogP contribution in [0.5, 0.6) is 0 Å². The molecule has 2 rings (SSSR count). The van der Waals surface area contributed by atoms with Gasteiger partial charge >= 0.3 is 0 Å². The number of fused-ring (bicyclic) bond motifs is 1. The van der Waals surface area contributed by atoms with Gasteiger partial charge in [0.1, 0.15) is 11.4 Å². The Labute approximate surface area is 92.5 Å². The van der Waals surface area contributed by atoms with E-state index in [1.807, 2.05) is 13.8 Å². The summed E-state index contributed by atoms with van der Waals surface area (Å²) in [6, 6.07) is 0. The fourth-order valence-electron chi connectivity index (χ4n) is 1.44. The van der Waals surface area contributed by atoms with Crippen molar-refractivity contribution in [1.82, 2.24) is 9.97 Å². The van der Waals surface area contributed by atoms with Gasteiger partial charge in [0, 0.05) is 24.2 Å². The first kappa shape index (κ1) is 10.7. The van der Waals surface area contributed by atoms with E-state index in [1.54, 1.807) is 18.9 Å². The van der Waals surface area contributed by atoms with Crippen molar-refractivity contribution in [2.45, 2.75) is 31.0 Å². The lowest BCUT2D eigenvalue weighted by atomic mass is 10.1. The van der Waals surface area contributed by atoms with Gasteiger partial charge in [-0.3, -0.25) is 4.79 Å². The molecule has 0 fully saturated rings. The Balaban J connectivity index is 2.53. The summed E-state index contributed by atoms with van der Waals surface area (Å²) in [5.41, 5.74) is 1.16. The van der Waals surface area contributed by atoms with Gasteiger partial charge in [0.15, 0.2) is 0 Å². The molecule has 1 aromatic rings. The first-order chi connectivity index (χ1) is 7.04. The average Bonchev–Trinajstić information content (AvgIpc) is 2.66. The van der Waals surface area contributed by atoms with Crippen LogP contribution in [0.2, 0.25) is 0 Å². The Morgan fingerprint density at radius 3 is 2.87 bits per heavy atom. The standard InChI is InChI=1S/C10H14N2O2S/c1-10(2,14-3)9-11-7-5-15-4-6(7)8(13)12-9/h4-5H2,1-3H3,(H,11,12,13). The van der Waals surface area contributed by atoms with Crippen molar-refractivity contribution in [3.8, 4) is 0 Å². The van der Waals surface area contributed by atoms with Gasteiger partial charge in [0.05, 0.1) is 5.69 Å². The molecule has 0 aromatic carbocycles. The highest BCUT2D eigenvalue weighted by molar-refractivity contribution is 7.98. The van der Waals surface area contributed by atoms with Crippen LogP contribution in [0.1, 0.15) is 30.9 Å². The quantitative estimate of drug-likeness (QED) is 0.828. The zero-order valence-electron chi connectivity index (χ0n) is 9.09. The van der Waals surface area contributed by atoms with Crippen molar-refractivity contribution in [3.63, 3.8) is 0 Å². The molecule has 1 aliphatic rings. The Kier molecular flexibility index (Phi) is 2.60. The van der Waals surface area contributed by atoms with Crippen molar-refractivity contribution in [3.05, 3.63) is 27.4 Å². The van der Waals surface area contributed by atoms with Gasteiger partial charge in [0.25, 0.3) is 5.56 Å². The highest BCUT2D eigenvalue weighted by Crippen LogP contribution is 2.27. The number of nitrogens with one attached hydrogen (secondary N) is 1. The third-order valence-electron chi connectivity index (χ3n) is 2.67. The molecule has 0 radical (unpaired) electrons. The zero-order valence-corrected chi connectivity index (χ0v) is 9.90. The third kappa shape index (κ3) is 1.81. The maximum atomic E-state index is 11.7. The molecule has 0 bridgehead atoms. The van der Waals surface area contributed by atoms with Crippen LogP contribution < -0.4 is 5.56 Å². The second-order valence-corrected chi connectivity index (χ2v) is 5.03. The molecule has 0 unspecified atom stereocenters. The second kappa shape index (κ2) is 3.64. The number of aromatic amines is 1. The predicted octanol–water partition coefficient (Wildman–Crippen LogP) is 1.40. The fraction of sp³-hybridized carbons (Fsp3) is 0.600. The molecule has 0 saturated heterocycles. The van der Waals surface area contributed by atoms with Gasteiger partial charge in [-0.1, -0.05) is 0 Å². The zero-order chi connectivity index (χ0) is 11.1. The molecule has 0 spiro atoms. The Hall–Kier alpha value is -0.810. The lowest BCUT2D eigenvalue weighted by Gasteiger charge is -2.21. The van der Waals surface area contributed by atoms with Gasteiger partial charge < -0.3 is 9.72 Å². The number of thioether (sulfide) groups is 1.